The lowest BCUT2D eigenvalue weighted by atomic mass is 9.65. The van der Waals surface area contributed by atoms with Crippen molar-refractivity contribution in [3.8, 4) is 0 Å². The molecule has 0 heterocycles. The SMILES string of the molecule is CC[C@H](C)C(=O)O[C@H]1C[C@@H](C)C=C2C=C[C@H](C)[C@H](CC[C@@H](O)C[C@@H](O)CC(=O)O)[C@H]21. The fourth-order valence-corrected chi connectivity index (χ4v) is 4.76. The van der Waals surface area contributed by atoms with Gasteiger partial charge >= 0.3 is 11.9 Å². The van der Waals surface area contributed by atoms with E-state index < -0.39 is 18.2 Å². The van der Waals surface area contributed by atoms with Gasteiger partial charge in [0.1, 0.15) is 6.10 Å². The third-order valence-electron chi connectivity index (χ3n) is 6.67. The fraction of sp³-hybridized carbons (Fsp3) is 0.750. The summed E-state index contributed by atoms with van der Waals surface area (Å²) >= 11 is 0. The summed E-state index contributed by atoms with van der Waals surface area (Å²) in [4.78, 5) is 23.2. The van der Waals surface area contributed by atoms with E-state index >= 15 is 0 Å². The maximum atomic E-state index is 12.5. The summed E-state index contributed by atoms with van der Waals surface area (Å²) in [5, 5.41) is 28.9. The van der Waals surface area contributed by atoms with Gasteiger partial charge in [-0.2, -0.15) is 0 Å². The molecule has 30 heavy (non-hydrogen) atoms. The number of aliphatic carboxylic acids is 1. The van der Waals surface area contributed by atoms with Crippen molar-refractivity contribution in [2.45, 2.75) is 84.5 Å². The smallest absolute Gasteiger partial charge is 0.308 e. The molecule has 0 aromatic carbocycles. The van der Waals surface area contributed by atoms with E-state index in [1.165, 1.54) is 5.57 Å². The largest absolute Gasteiger partial charge is 0.481 e. The van der Waals surface area contributed by atoms with Gasteiger partial charge in [-0.25, -0.2) is 0 Å². The second-order valence-corrected chi connectivity index (χ2v) is 9.29. The number of hydrogen-bond acceptors (Lipinski definition) is 5. The van der Waals surface area contributed by atoms with Gasteiger partial charge in [-0.05, 0) is 55.4 Å². The molecule has 170 valence electrons. The molecule has 8 atom stereocenters. The van der Waals surface area contributed by atoms with E-state index in [2.05, 4.69) is 32.1 Å². The van der Waals surface area contributed by atoms with Crippen LogP contribution in [0.15, 0.2) is 23.8 Å². The molecule has 0 aromatic heterocycles. The lowest BCUT2D eigenvalue weighted by Gasteiger charge is -2.43. The highest BCUT2D eigenvalue weighted by Crippen LogP contribution is 2.45. The van der Waals surface area contributed by atoms with E-state index in [1.54, 1.807) is 0 Å². The third-order valence-corrected chi connectivity index (χ3v) is 6.67. The van der Waals surface area contributed by atoms with Crippen LogP contribution in [0.3, 0.4) is 0 Å². The van der Waals surface area contributed by atoms with Crippen LogP contribution in [0.2, 0.25) is 0 Å². The number of carbonyl (C=O) groups is 2. The highest BCUT2D eigenvalue weighted by molar-refractivity contribution is 5.72. The van der Waals surface area contributed by atoms with Crippen LogP contribution >= 0.6 is 0 Å². The molecular weight excluding hydrogens is 384 g/mol. The standard InChI is InChI=1S/C24H38O6/c1-5-15(3)24(29)30-21-11-14(2)10-17-7-6-16(4)20(23(17)21)9-8-18(25)12-19(26)13-22(27)28/h6-7,10,14-16,18-21,23,25-26H,5,8-9,11-13H2,1-4H3,(H,27,28)/t14-,15-,16-,18+,19+,20-,21-,23-/m0/s1. The summed E-state index contributed by atoms with van der Waals surface area (Å²) in [6.45, 7) is 8.16. The van der Waals surface area contributed by atoms with Crippen LogP contribution < -0.4 is 0 Å². The van der Waals surface area contributed by atoms with Crippen molar-refractivity contribution in [1.82, 2.24) is 0 Å². The normalized spacial score (nSPS) is 31.3. The van der Waals surface area contributed by atoms with E-state index in [9.17, 15) is 19.8 Å². The average molecular weight is 423 g/mol. The minimum atomic E-state index is -1.07. The Kier molecular flexibility index (Phi) is 9.10. The van der Waals surface area contributed by atoms with Gasteiger partial charge in [0.15, 0.2) is 0 Å². The summed E-state index contributed by atoms with van der Waals surface area (Å²) in [6, 6.07) is 0. The fourth-order valence-electron chi connectivity index (χ4n) is 4.76. The molecule has 6 nitrogen and oxygen atoms in total. The second kappa shape index (κ2) is 11.1. The van der Waals surface area contributed by atoms with Gasteiger partial charge in [-0.15, -0.1) is 0 Å². The first-order valence-electron chi connectivity index (χ1n) is 11.3. The topological polar surface area (TPSA) is 104 Å². The molecule has 0 bridgehead atoms. The zero-order chi connectivity index (χ0) is 22.4. The van der Waals surface area contributed by atoms with Gasteiger partial charge in [0.25, 0.3) is 0 Å². The van der Waals surface area contributed by atoms with Gasteiger partial charge < -0.3 is 20.1 Å². The van der Waals surface area contributed by atoms with Gasteiger partial charge in [-0.3, -0.25) is 9.59 Å². The van der Waals surface area contributed by atoms with Crippen molar-refractivity contribution in [2.24, 2.45) is 29.6 Å². The van der Waals surface area contributed by atoms with Crippen molar-refractivity contribution in [3.05, 3.63) is 23.8 Å². The van der Waals surface area contributed by atoms with E-state index in [-0.39, 0.29) is 48.6 Å². The predicted molar refractivity (Wildman–Crippen MR) is 115 cm³/mol. The van der Waals surface area contributed by atoms with Crippen LogP contribution in [0.4, 0.5) is 0 Å². The first-order valence-corrected chi connectivity index (χ1v) is 11.3. The zero-order valence-electron chi connectivity index (χ0n) is 18.7. The second-order valence-electron chi connectivity index (χ2n) is 9.29. The zero-order valence-corrected chi connectivity index (χ0v) is 18.7. The molecule has 2 rings (SSSR count). The van der Waals surface area contributed by atoms with E-state index in [0.29, 0.717) is 12.3 Å². The van der Waals surface area contributed by atoms with Crippen LogP contribution in [-0.4, -0.2) is 45.6 Å². The number of allylic oxidation sites excluding steroid dienone is 3. The van der Waals surface area contributed by atoms with Gasteiger partial charge in [0.2, 0.25) is 0 Å². The minimum Gasteiger partial charge on any atom is -0.481 e. The summed E-state index contributed by atoms with van der Waals surface area (Å²) < 4.78 is 6.00. The molecule has 0 aliphatic heterocycles. The molecule has 0 fully saturated rings. The quantitative estimate of drug-likeness (QED) is 0.464. The van der Waals surface area contributed by atoms with Crippen LogP contribution in [-0.2, 0) is 14.3 Å². The number of carboxylic acid groups (broad SMARTS) is 1. The molecule has 0 radical (unpaired) electrons. The van der Waals surface area contributed by atoms with Crippen molar-refractivity contribution in [2.75, 3.05) is 0 Å². The number of fused-ring (bicyclic) bond motifs is 1. The molecule has 2 aliphatic rings. The number of aliphatic hydroxyl groups excluding tert-OH is 2. The van der Waals surface area contributed by atoms with Crippen LogP contribution in [0.1, 0.15) is 66.2 Å². The van der Waals surface area contributed by atoms with E-state index in [0.717, 1.165) is 19.3 Å². The third kappa shape index (κ3) is 6.67. The molecule has 2 aliphatic carbocycles. The monoisotopic (exact) mass is 422 g/mol. The number of ether oxygens (including phenoxy) is 1. The number of esters is 1. The van der Waals surface area contributed by atoms with E-state index in [4.69, 9.17) is 9.84 Å². The summed E-state index contributed by atoms with van der Waals surface area (Å²) in [6.07, 6.45) is 7.07. The number of hydrogen-bond donors (Lipinski definition) is 3. The molecule has 0 spiro atoms. The minimum absolute atomic E-state index is 0.0556. The Balaban J connectivity index is 2.09. The van der Waals surface area contributed by atoms with Crippen LogP contribution in [0.25, 0.3) is 0 Å². The van der Waals surface area contributed by atoms with Crippen molar-refractivity contribution in [1.29, 1.82) is 0 Å². The number of carboxylic acids is 1. The number of carbonyl (C=O) groups excluding carboxylic acids is 1. The van der Waals surface area contributed by atoms with Crippen molar-refractivity contribution in [3.63, 3.8) is 0 Å². The lowest BCUT2D eigenvalue weighted by molar-refractivity contribution is -0.158. The molecule has 0 amide bonds. The maximum Gasteiger partial charge on any atom is 0.308 e. The summed E-state index contributed by atoms with van der Waals surface area (Å²) in [5.74, 6) is -0.406. The average Bonchev–Trinajstić information content (AvgIpc) is 2.65. The molecule has 6 heteroatoms. The Morgan fingerprint density at radius 3 is 2.57 bits per heavy atom. The predicted octanol–water partition coefficient (Wildman–Crippen LogP) is 3.72. The maximum absolute atomic E-state index is 12.5. The van der Waals surface area contributed by atoms with Gasteiger partial charge in [0, 0.05) is 5.92 Å². The number of aliphatic hydroxyl groups is 2. The highest BCUT2D eigenvalue weighted by Gasteiger charge is 2.41. The lowest BCUT2D eigenvalue weighted by Crippen LogP contribution is -2.41. The van der Waals surface area contributed by atoms with Crippen molar-refractivity contribution < 1.29 is 29.6 Å². The molecule has 3 N–H and O–H groups in total. The number of rotatable bonds is 10. The first kappa shape index (κ1) is 24.6. The Morgan fingerprint density at radius 2 is 1.93 bits per heavy atom. The molecule has 0 saturated heterocycles. The van der Waals surface area contributed by atoms with E-state index in [1.807, 2.05) is 13.8 Å². The van der Waals surface area contributed by atoms with Crippen LogP contribution in [0, 0.1) is 29.6 Å². The Labute approximate surface area is 180 Å². The molecular formula is C24H38O6. The molecule has 0 saturated carbocycles. The Bertz CT molecular complexity index is 654. The molecule has 0 unspecified atom stereocenters. The summed E-state index contributed by atoms with van der Waals surface area (Å²) in [7, 11) is 0. The van der Waals surface area contributed by atoms with Crippen molar-refractivity contribution >= 4 is 11.9 Å². The Hall–Kier alpha value is -1.66. The van der Waals surface area contributed by atoms with Gasteiger partial charge in [-0.1, -0.05) is 45.9 Å². The Morgan fingerprint density at radius 1 is 1.23 bits per heavy atom. The first-order chi connectivity index (χ1) is 14.1. The van der Waals surface area contributed by atoms with Gasteiger partial charge in [0.05, 0.1) is 24.5 Å². The highest BCUT2D eigenvalue weighted by atomic mass is 16.5. The summed E-state index contributed by atoms with van der Waals surface area (Å²) in [5.41, 5.74) is 1.21. The van der Waals surface area contributed by atoms with Crippen LogP contribution in [0.5, 0.6) is 0 Å². The molecule has 0 aromatic rings.